The van der Waals surface area contributed by atoms with Crippen molar-refractivity contribution in [2.45, 2.75) is 25.9 Å². The largest absolute Gasteiger partial charge is 0.343 e. The average molecular weight is 418 g/mol. The normalized spacial score (nSPS) is 15.2. The molecule has 1 aromatic carbocycles. The molecule has 3 aromatic rings. The van der Waals surface area contributed by atoms with Gasteiger partial charge in [0.2, 0.25) is 0 Å². The molecule has 0 radical (unpaired) electrons. The van der Waals surface area contributed by atoms with E-state index >= 15 is 0 Å². The van der Waals surface area contributed by atoms with Gasteiger partial charge in [-0.1, -0.05) is 6.07 Å². The van der Waals surface area contributed by atoms with Crippen molar-refractivity contribution in [1.82, 2.24) is 14.0 Å². The predicted octanol–water partition coefficient (Wildman–Crippen LogP) is 3.85. The lowest BCUT2D eigenvalue weighted by Crippen LogP contribution is -2.28. The Balaban J connectivity index is 1.57. The molecule has 0 unspecified atom stereocenters. The Hall–Kier alpha value is -1.92. The first-order chi connectivity index (χ1) is 12.6. The summed E-state index contributed by atoms with van der Waals surface area (Å²) in [6.45, 7) is 4.53. The second-order valence-electron chi connectivity index (χ2n) is 6.85. The topological polar surface area (TPSA) is 30.2 Å². The lowest BCUT2D eigenvalue weighted by Gasteiger charge is -2.15. The fraction of sp³-hybridized carbons (Fsp3) is 0.350. The number of fused-ring (bicyclic) bond motifs is 1. The molecule has 0 atom stereocenters. The van der Waals surface area contributed by atoms with Crippen molar-refractivity contribution in [1.29, 1.82) is 0 Å². The van der Waals surface area contributed by atoms with Crippen molar-refractivity contribution in [3.05, 3.63) is 68.9 Å². The van der Waals surface area contributed by atoms with Gasteiger partial charge in [0.05, 0.1) is 15.4 Å². The summed E-state index contributed by atoms with van der Waals surface area (Å²) in [5, 5.41) is 0.732. The van der Waals surface area contributed by atoms with Gasteiger partial charge in [-0.2, -0.15) is 0 Å². The molecule has 136 valence electrons. The third kappa shape index (κ3) is 3.48. The minimum absolute atomic E-state index is 0.0562. The highest BCUT2D eigenvalue weighted by atomic mass is 79.9. The zero-order valence-corrected chi connectivity index (χ0v) is 16.1. The molecular weight excluding hydrogens is 397 g/mol. The standard InChI is InChI=1S/C20H21BrFN3O/c21-17-13-15(3-4-18(17)22)14-25-9-5-16-19(25)6-10-24(20(16)26)12-11-23-7-1-2-8-23/h3-6,9-10,13H,1-2,7-8,11-12,14H2. The van der Waals surface area contributed by atoms with Crippen molar-refractivity contribution in [3.63, 3.8) is 0 Å². The molecule has 3 heterocycles. The van der Waals surface area contributed by atoms with Crippen LogP contribution in [0.5, 0.6) is 0 Å². The van der Waals surface area contributed by atoms with E-state index in [4.69, 9.17) is 0 Å². The molecule has 6 heteroatoms. The molecule has 26 heavy (non-hydrogen) atoms. The Morgan fingerprint density at radius 3 is 2.54 bits per heavy atom. The molecular formula is C20H21BrFN3O. The number of nitrogens with zero attached hydrogens (tertiary/aromatic N) is 3. The van der Waals surface area contributed by atoms with Crippen LogP contribution in [0.2, 0.25) is 0 Å². The molecule has 0 amide bonds. The first-order valence-electron chi connectivity index (χ1n) is 8.96. The number of halogens is 2. The minimum atomic E-state index is -0.271. The van der Waals surface area contributed by atoms with Crippen LogP contribution in [0.15, 0.2) is 52.0 Å². The zero-order chi connectivity index (χ0) is 18.1. The van der Waals surface area contributed by atoms with Gasteiger partial charge in [0.15, 0.2) is 0 Å². The van der Waals surface area contributed by atoms with Gasteiger partial charge < -0.3 is 14.0 Å². The van der Waals surface area contributed by atoms with E-state index in [-0.39, 0.29) is 11.4 Å². The Morgan fingerprint density at radius 1 is 1.00 bits per heavy atom. The van der Waals surface area contributed by atoms with Crippen LogP contribution in [-0.2, 0) is 13.1 Å². The summed E-state index contributed by atoms with van der Waals surface area (Å²) in [5.74, 6) is -0.271. The van der Waals surface area contributed by atoms with Crippen molar-refractivity contribution in [3.8, 4) is 0 Å². The van der Waals surface area contributed by atoms with Crippen LogP contribution in [0.4, 0.5) is 4.39 Å². The summed E-state index contributed by atoms with van der Waals surface area (Å²) in [6, 6.07) is 8.87. The quantitative estimate of drug-likeness (QED) is 0.630. The fourth-order valence-electron chi connectivity index (χ4n) is 3.64. The van der Waals surface area contributed by atoms with Gasteiger partial charge in [-0.15, -0.1) is 0 Å². The lowest BCUT2D eigenvalue weighted by molar-refractivity contribution is 0.321. The van der Waals surface area contributed by atoms with Crippen molar-refractivity contribution in [2.75, 3.05) is 19.6 Å². The Bertz CT molecular complexity index is 988. The Labute approximate surface area is 160 Å². The average Bonchev–Trinajstić information content (AvgIpc) is 3.28. The van der Waals surface area contributed by atoms with E-state index in [0.717, 1.165) is 42.6 Å². The summed E-state index contributed by atoms with van der Waals surface area (Å²) < 4.78 is 17.7. The molecule has 0 aliphatic carbocycles. The molecule has 1 aliphatic heterocycles. The van der Waals surface area contributed by atoms with Crippen LogP contribution in [-0.4, -0.2) is 33.7 Å². The summed E-state index contributed by atoms with van der Waals surface area (Å²) >= 11 is 3.22. The molecule has 1 fully saturated rings. The van der Waals surface area contributed by atoms with Crippen LogP contribution in [0.25, 0.3) is 10.9 Å². The highest BCUT2D eigenvalue weighted by molar-refractivity contribution is 9.10. The maximum atomic E-state index is 13.4. The predicted molar refractivity (Wildman–Crippen MR) is 105 cm³/mol. The van der Waals surface area contributed by atoms with Gasteiger partial charge in [-0.3, -0.25) is 4.79 Å². The number of hydrogen-bond donors (Lipinski definition) is 0. The van der Waals surface area contributed by atoms with E-state index in [2.05, 4.69) is 20.8 Å². The monoisotopic (exact) mass is 417 g/mol. The third-order valence-electron chi connectivity index (χ3n) is 5.10. The molecule has 0 N–H and O–H groups in total. The number of pyridine rings is 1. The summed E-state index contributed by atoms with van der Waals surface area (Å²) in [7, 11) is 0. The molecule has 2 aromatic heterocycles. The van der Waals surface area contributed by atoms with Gasteiger partial charge in [-0.05, 0) is 71.7 Å². The number of hydrogen-bond acceptors (Lipinski definition) is 2. The zero-order valence-electron chi connectivity index (χ0n) is 14.5. The van der Waals surface area contributed by atoms with Crippen molar-refractivity contribution < 1.29 is 4.39 Å². The van der Waals surface area contributed by atoms with E-state index in [1.54, 1.807) is 16.7 Å². The first kappa shape index (κ1) is 17.5. The van der Waals surface area contributed by atoms with Gasteiger partial charge >= 0.3 is 0 Å². The maximum absolute atomic E-state index is 13.4. The number of rotatable bonds is 5. The van der Waals surface area contributed by atoms with Crippen molar-refractivity contribution in [2.24, 2.45) is 0 Å². The van der Waals surface area contributed by atoms with Crippen LogP contribution in [0.3, 0.4) is 0 Å². The third-order valence-corrected chi connectivity index (χ3v) is 5.71. The molecule has 4 rings (SSSR count). The van der Waals surface area contributed by atoms with Crippen LogP contribution >= 0.6 is 15.9 Å². The summed E-state index contributed by atoms with van der Waals surface area (Å²) in [6.07, 6.45) is 6.33. The van der Waals surface area contributed by atoms with E-state index in [0.29, 0.717) is 11.0 Å². The smallest absolute Gasteiger partial charge is 0.260 e. The van der Waals surface area contributed by atoms with E-state index in [9.17, 15) is 9.18 Å². The number of likely N-dealkylation sites (tertiary alicyclic amines) is 1. The van der Waals surface area contributed by atoms with Crippen LogP contribution in [0, 0.1) is 5.82 Å². The van der Waals surface area contributed by atoms with Gasteiger partial charge in [0.25, 0.3) is 5.56 Å². The first-order valence-corrected chi connectivity index (χ1v) is 9.76. The summed E-state index contributed by atoms with van der Waals surface area (Å²) in [5.41, 5.74) is 1.95. The van der Waals surface area contributed by atoms with Gasteiger partial charge in [0, 0.05) is 32.0 Å². The van der Waals surface area contributed by atoms with E-state index in [1.807, 2.05) is 29.1 Å². The summed E-state index contributed by atoms with van der Waals surface area (Å²) in [4.78, 5) is 15.2. The second kappa shape index (κ2) is 7.37. The SMILES string of the molecule is O=c1c2ccn(Cc3ccc(F)c(Br)c3)c2ccn1CCN1CCCC1. The Kier molecular flexibility index (Phi) is 4.96. The molecule has 0 spiro atoms. The van der Waals surface area contributed by atoms with Crippen LogP contribution < -0.4 is 5.56 Å². The van der Waals surface area contributed by atoms with Gasteiger partial charge in [0.1, 0.15) is 5.82 Å². The van der Waals surface area contributed by atoms with Crippen molar-refractivity contribution >= 4 is 26.8 Å². The second-order valence-corrected chi connectivity index (χ2v) is 7.71. The minimum Gasteiger partial charge on any atom is -0.343 e. The fourth-order valence-corrected chi connectivity index (χ4v) is 4.06. The van der Waals surface area contributed by atoms with E-state index < -0.39 is 0 Å². The highest BCUT2D eigenvalue weighted by Crippen LogP contribution is 2.19. The maximum Gasteiger partial charge on any atom is 0.260 e. The highest BCUT2D eigenvalue weighted by Gasteiger charge is 2.13. The number of benzene rings is 1. The van der Waals surface area contributed by atoms with Crippen LogP contribution in [0.1, 0.15) is 18.4 Å². The molecule has 4 nitrogen and oxygen atoms in total. The Morgan fingerprint density at radius 2 is 1.77 bits per heavy atom. The molecule has 1 aliphatic rings. The van der Waals surface area contributed by atoms with Gasteiger partial charge in [-0.25, -0.2) is 4.39 Å². The molecule has 0 saturated carbocycles. The molecule has 1 saturated heterocycles. The number of aromatic nitrogens is 2. The molecule has 0 bridgehead atoms. The van der Waals surface area contributed by atoms with E-state index in [1.165, 1.54) is 18.9 Å². The lowest BCUT2D eigenvalue weighted by atomic mass is 10.2.